The highest BCUT2D eigenvalue weighted by Gasteiger charge is 2.30. The molecule has 1 fully saturated rings. The second kappa shape index (κ2) is 8.33. The molecule has 5 nitrogen and oxygen atoms in total. The number of piperidine rings is 1. The molecule has 2 aromatic carbocycles. The van der Waals surface area contributed by atoms with E-state index in [4.69, 9.17) is 21.3 Å². The Morgan fingerprint density at radius 1 is 1.18 bits per heavy atom. The summed E-state index contributed by atoms with van der Waals surface area (Å²) in [7, 11) is 1.46. The molecule has 0 saturated carbocycles. The number of methoxy groups -OCH3 is 1. The van der Waals surface area contributed by atoms with Crippen LogP contribution in [0.2, 0.25) is 5.02 Å². The summed E-state index contributed by atoms with van der Waals surface area (Å²) in [6.07, 6.45) is 2.96. The molecule has 3 aromatic rings. The molecule has 0 aliphatic carbocycles. The van der Waals surface area contributed by atoms with Gasteiger partial charge in [-0.1, -0.05) is 48.4 Å². The number of imidazole rings is 1. The molecule has 0 spiro atoms. The topological polar surface area (TPSA) is 47.4 Å². The average Bonchev–Trinajstić information content (AvgIpc) is 3.04. The number of esters is 1. The minimum Gasteiger partial charge on any atom is -0.468 e. The SMILES string of the molecule is COC(=O)C1CCCCN1Cc1nc2cc(Cl)ccc2n1Cc1ccccc1. The summed E-state index contributed by atoms with van der Waals surface area (Å²) in [5.41, 5.74) is 3.14. The van der Waals surface area contributed by atoms with Gasteiger partial charge < -0.3 is 9.30 Å². The third-order valence-electron chi connectivity index (χ3n) is 5.40. The monoisotopic (exact) mass is 397 g/mol. The lowest BCUT2D eigenvalue weighted by Gasteiger charge is -2.33. The highest BCUT2D eigenvalue weighted by molar-refractivity contribution is 6.31. The summed E-state index contributed by atoms with van der Waals surface area (Å²) < 4.78 is 7.26. The lowest BCUT2D eigenvalue weighted by Crippen LogP contribution is -2.45. The van der Waals surface area contributed by atoms with Gasteiger partial charge in [0.05, 0.1) is 24.7 Å². The van der Waals surface area contributed by atoms with Crippen molar-refractivity contribution < 1.29 is 9.53 Å². The van der Waals surface area contributed by atoms with Gasteiger partial charge in [0.25, 0.3) is 0 Å². The number of ether oxygens (including phenoxy) is 1. The van der Waals surface area contributed by atoms with Gasteiger partial charge in [0.15, 0.2) is 0 Å². The van der Waals surface area contributed by atoms with Crippen LogP contribution in [0, 0.1) is 0 Å². The van der Waals surface area contributed by atoms with E-state index in [1.807, 2.05) is 36.4 Å². The lowest BCUT2D eigenvalue weighted by atomic mass is 10.0. The predicted molar refractivity (Wildman–Crippen MR) is 110 cm³/mol. The Kier molecular flexibility index (Phi) is 5.64. The summed E-state index contributed by atoms with van der Waals surface area (Å²) in [4.78, 5) is 19.3. The molecule has 0 radical (unpaired) electrons. The van der Waals surface area contributed by atoms with E-state index in [9.17, 15) is 4.79 Å². The summed E-state index contributed by atoms with van der Waals surface area (Å²) in [5.74, 6) is 0.783. The van der Waals surface area contributed by atoms with E-state index in [0.717, 1.165) is 49.2 Å². The summed E-state index contributed by atoms with van der Waals surface area (Å²) in [5, 5.41) is 0.675. The molecule has 1 aromatic heterocycles. The number of aromatic nitrogens is 2. The number of fused-ring (bicyclic) bond motifs is 1. The van der Waals surface area contributed by atoms with Gasteiger partial charge in [-0.2, -0.15) is 0 Å². The molecule has 1 saturated heterocycles. The Morgan fingerprint density at radius 2 is 2.00 bits per heavy atom. The fraction of sp³-hybridized carbons (Fsp3) is 0.364. The van der Waals surface area contributed by atoms with Crippen molar-refractivity contribution >= 4 is 28.6 Å². The van der Waals surface area contributed by atoms with Crippen LogP contribution in [0.15, 0.2) is 48.5 Å². The standard InChI is InChI=1S/C22H24ClN3O2/c1-28-22(27)20-9-5-6-12-25(20)15-21-24-18-13-17(23)10-11-19(18)26(21)14-16-7-3-2-4-8-16/h2-4,7-8,10-11,13,20H,5-6,9,12,14-15H2,1H3. The van der Waals surface area contributed by atoms with E-state index in [1.54, 1.807) is 0 Å². The van der Waals surface area contributed by atoms with Gasteiger partial charge >= 0.3 is 5.97 Å². The smallest absolute Gasteiger partial charge is 0.323 e. The van der Waals surface area contributed by atoms with Crippen molar-refractivity contribution in [3.63, 3.8) is 0 Å². The second-order valence-corrected chi connectivity index (χ2v) is 7.67. The maximum Gasteiger partial charge on any atom is 0.323 e. The van der Waals surface area contributed by atoms with Crippen molar-refractivity contribution in [2.45, 2.75) is 38.4 Å². The first-order valence-corrected chi connectivity index (χ1v) is 10.0. The van der Waals surface area contributed by atoms with E-state index in [0.29, 0.717) is 11.6 Å². The first-order chi connectivity index (χ1) is 13.7. The Morgan fingerprint density at radius 3 is 2.79 bits per heavy atom. The number of likely N-dealkylation sites (tertiary alicyclic amines) is 1. The van der Waals surface area contributed by atoms with Crippen molar-refractivity contribution in [3.05, 3.63) is 64.9 Å². The zero-order valence-electron chi connectivity index (χ0n) is 16.0. The molecule has 4 rings (SSSR count). The van der Waals surface area contributed by atoms with Gasteiger partial charge in [0.2, 0.25) is 0 Å². The van der Waals surface area contributed by atoms with Gasteiger partial charge in [0, 0.05) is 11.6 Å². The second-order valence-electron chi connectivity index (χ2n) is 7.24. The average molecular weight is 398 g/mol. The maximum absolute atomic E-state index is 12.3. The van der Waals surface area contributed by atoms with E-state index in [-0.39, 0.29) is 12.0 Å². The third kappa shape index (κ3) is 3.91. The molecule has 1 aliphatic rings. The van der Waals surface area contributed by atoms with Crippen LogP contribution in [0.3, 0.4) is 0 Å². The number of benzene rings is 2. The minimum atomic E-state index is -0.202. The number of halogens is 1. The van der Waals surface area contributed by atoms with Crippen LogP contribution in [0.4, 0.5) is 0 Å². The zero-order chi connectivity index (χ0) is 19.5. The van der Waals surface area contributed by atoms with Gasteiger partial charge in [-0.3, -0.25) is 9.69 Å². The predicted octanol–water partition coefficient (Wildman–Crippen LogP) is 4.27. The zero-order valence-corrected chi connectivity index (χ0v) is 16.7. The Bertz CT molecular complexity index is 971. The molecule has 146 valence electrons. The molecule has 28 heavy (non-hydrogen) atoms. The quantitative estimate of drug-likeness (QED) is 0.603. The van der Waals surface area contributed by atoms with Gasteiger partial charge in [-0.25, -0.2) is 4.98 Å². The first kappa shape index (κ1) is 19.0. The van der Waals surface area contributed by atoms with Crippen LogP contribution in [0.5, 0.6) is 0 Å². The molecule has 2 heterocycles. The number of nitrogens with zero attached hydrogens (tertiary/aromatic N) is 3. The van der Waals surface area contributed by atoms with E-state index in [2.05, 4.69) is 21.6 Å². The van der Waals surface area contributed by atoms with E-state index < -0.39 is 0 Å². The van der Waals surface area contributed by atoms with Crippen LogP contribution in [-0.4, -0.2) is 40.1 Å². The normalized spacial score (nSPS) is 17.7. The number of carbonyl (C=O) groups excluding carboxylic acids is 1. The largest absolute Gasteiger partial charge is 0.468 e. The first-order valence-electron chi connectivity index (χ1n) is 9.66. The fourth-order valence-electron chi connectivity index (χ4n) is 3.98. The van der Waals surface area contributed by atoms with Crippen molar-refractivity contribution in [2.24, 2.45) is 0 Å². The van der Waals surface area contributed by atoms with Crippen LogP contribution in [-0.2, 0) is 22.6 Å². The molecule has 1 unspecified atom stereocenters. The Balaban J connectivity index is 1.70. The summed E-state index contributed by atoms with van der Waals surface area (Å²) in [6.45, 7) is 2.21. The highest BCUT2D eigenvalue weighted by atomic mass is 35.5. The molecule has 1 atom stereocenters. The molecule has 6 heteroatoms. The van der Waals surface area contributed by atoms with Crippen LogP contribution in [0.25, 0.3) is 11.0 Å². The third-order valence-corrected chi connectivity index (χ3v) is 5.64. The van der Waals surface area contributed by atoms with Gasteiger partial charge in [-0.05, 0) is 43.1 Å². The van der Waals surface area contributed by atoms with Crippen LogP contribution in [0.1, 0.15) is 30.7 Å². The molecule has 0 amide bonds. The molecular formula is C22H24ClN3O2. The number of carbonyl (C=O) groups is 1. The van der Waals surface area contributed by atoms with Crippen LogP contribution < -0.4 is 0 Å². The molecule has 1 aliphatic heterocycles. The number of rotatable bonds is 5. The maximum atomic E-state index is 12.3. The van der Waals surface area contributed by atoms with Gasteiger partial charge in [-0.15, -0.1) is 0 Å². The fourth-order valence-corrected chi connectivity index (χ4v) is 4.15. The summed E-state index contributed by atoms with van der Waals surface area (Å²) in [6, 6.07) is 16.0. The molecule has 0 bridgehead atoms. The lowest BCUT2D eigenvalue weighted by molar-refractivity contribution is -0.148. The number of hydrogen-bond acceptors (Lipinski definition) is 4. The van der Waals surface area contributed by atoms with E-state index in [1.165, 1.54) is 12.7 Å². The molecular weight excluding hydrogens is 374 g/mol. The van der Waals surface area contributed by atoms with Gasteiger partial charge in [0.1, 0.15) is 11.9 Å². The summed E-state index contributed by atoms with van der Waals surface area (Å²) >= 11 is 6.20. The Hall–Kier alpha value is -2.37. The van der Waals surface area contributed by atoms with E-state index >= 15 is 0 Å². The molecule has 0 N–H and O–H groups in total. The van der Waals surface area contributed by atoms with Crippen molar-refractivity contribution in [2.75, 3.05) is 13.7 Å². The minimum absolute atomic E-state index is 0.159. The van der Waals surface area contributed by atoms with Crippen LogP contribution >= 0.6 is 11.6 Å². The van der Waals surface area contributed by atoms with Crippen molar-refractivity contribution in [1.29, 1.82) is 0 Å². The van der Waals surface area contributed by atoms with Crippen molar-refractivity contribution in [1.82, 2.24) is 14.5 Å². The highest BCUT2D eigenvalue weighted by Crippen LogP contribution is 2.25. The van der Waals surface area contributed by atoms with Crippen molar-refractivity contribution in [3.8, 4) is 0 Å². The Labute approximate surface area is 169 Å². The number of hydrogen-bond donors (Lipinski definition) is 0.